The number of aliphatic carboxylic acids is 1. The molecule has 1 aromatic rings. The minimum atomic E-state index is -0.960. The second-order valence-corrected chi connectivity index (χ2v) is 9.82. The molecule has 0 bridgehead atoms. The van der Waals surface area contributed by atoms with Gasteiger partial charge in [-0.1, -0.05) is 13.0 Å². The molecule has 0 radical (unpaired) electrons. The van der Waals surface area contributed by atoms with Gasteiger partial charge in [0.15, 0.2) is 5.75 Å². The maximum Gasteiger partial charge on any atom is 0.311 e. The number of nitrogens with zero attached hydrogens (tertiary/aromatic N) is 2. The van der Waals surface area contributed by atoms with Crippen LogP contribution in [0.1, 0.15) is 44.6 Å². The number of hydrogen-bond donors (Lipinski definition) is 3. The Morgan fingerprint density at radius 2 is 1.44 bits per heavy atom. The fraction of sp³-hybridized carbons (Fsp3) is 0.393. The number of carbonyl (C=O) groups excluding carboxylic acids is 6. The molecule has 2 aliphatic heterocycles. The average molecular weight is 569 g/mol. The summed E-state index contributed by atoms with van der Waals surface area (Å²) in [7, 11) is 0. The third-order valence-electron chi connectivity index (χ3n) is 6.47. The van der Waals surface area contributed by atoms with Gasteiger partial charge in [-0.25, -0.2) is 0 Å². The maximum atomic E-state index is 12.7. The smallest absolute Gasteiger partial charge is 0.311 e. The summed E-state index contributed by atoms with van der Waals surface area (Å²) in [5.74, 6) is -4.43. The number of nitrogens with one attached hydrogen (secondary N) is 1. The monoisotopic (exact) mass is 568 g/mol. The van der Waals surface area contributed by atoms with Gasteiger partial charge >= 0.3 is 11.9 Å². The maximum absolute atomic E-state index is 12.7. The summed E-state index contributed by atoms with van der Waals surface area (Å²) in [4.78, 5) is 85.2. The summed E-state index contributed by atoms with van der Waals surface area (Å²) in [5, 5.41) is 11.8. The Morgan fingerprint density at radius 1 is 0.902 bits per heavy atom. The topological polar surface area (TPSA) is 193 Å². The van der Waals surface area contributed by atoms with E-state index in [9.17, 15) is 33.6 Å². The lowest BCUT2D eigenvalue weighted by Crippen LogP contribution is -2.31. The van der Waals surface area contributed by atoms with Gasteiger partial charge in [0.1, 0.15) is 0 Å². The van der Waals surface area contributed by atoms with Crippen molar-refractivity contribution in [2.75, 3.05) is 18.4 Å². The van der Waals surface area contributed by atoms with Gasteiger partial charge < -0.3 is 20.9 Å². The highest BCUT2D eigenvalue weighted by atomic mass is 16.5. The van der Waals surface area contributed by atoms with Crippen molar-refractivity contribution in [3.05, 3.63) is 48.1 Å². The molecule has 4 N–H and O–H groups in total. The highest BCUT2D eigenvalue weighted by Gasteiger charge is 2.24. The summed E-state index contributed by atoms with van der Waals surface area (Å²) < 4.78 is 5.46. The zero-order valence-electron chi connectivity index (χ0n) is 22.5. The van der Waals surface area contributed by atoms with Gasteiger partial charge in [0, 0.05) is 56.3 Å². The molecule has 1 unspecified atom stereocenters. The SMILES string of the molecule is CC(C[C@@H](N)Cc1ccc(OC(=O)CCCN2C(=O)C=CC2=O)c(NC(=O)CCCN2C(=O)C=CC2=O)c1)C(=O)O. The van der Waals surface area contributed by atoms with Gasteiger partial charge in [0.05, 0.1) is 11.6 Å². The number of benzene rings is 1. The quantitative estimate of drug-likeness (QED) is 0.156. The number of hydrogen-bond acceptors (Lipinski definition) is 9. The largest absolute Gasteiger partial charge is 0.481 e. The second-order valence-electron chi connectivity index (χ2n) is 9.82. The number of rotatable bonds is 15. The first-order valence-corrected chi connectivity index (χ1v) is 13.1. The molecule has 0 fully saturated rings. The normalized spacial score (nSPS) is 16.0. The molecular formula is C28H32N4O9. The molecule has 0 aromatic heterocycles. The van der Waals surface area contributed by atoms with Crippen LogP contribution in [0.5, 0.6) is 5.75 Å². The van der Waals surface area contributed by atoms with Crippen LogP contribution in [-0.4, -0.2) is 75.5 Å². The third-order valence-corrected chi connectivity index (χ3v) is 6.47. The molecule has 3 rings (SSSR count). The number of nitrogens with two attached hydrogens (primary N) is 1. The number of esters is 1. The van der Waals surface area contributed by atoms with Crippen molar-refractivity contribution < 1.29 is 43.4 Å². The van der Waals surface area contributed by atoms with E-state index >= 15 is 0 Å². The van der Waals surface area contributed by atoms with Crippen LogP contribution in [0.25, 0.3) is 0 Å². The standard InChI is InChI=1S/C28H32N4O9/c1-17(28(39)40)14-19(29)15-18-6-7-21(41-27(38)5-3-13-32-25(36)10-11-26(32)37)20(16-18)30-22(33)4-2-12-31-23(34)8-9-24(31)35/h6-11,16-17,19H,2-5,12-15,29H2,1H3,(H,30,33)(H,39,40)/t17?,19-/m1/s1. The van der Waals surface area contributed by atoms with Crippen LogP contribution in [0.2, 0.25) is 0 Å². The fourth-order valence-corrected chi connectivity index (χ4v) is 4.30. The number of carboxylic acids is 1. The Hall–Kier alpha value is -4.65. The molecule has 0 saturated carbocycles. The molecule has 0 aliphatic carbocycles. The van der Waals surface area contributed by atoms with E-state index in [0.29, 0.717) is 12.0 Å². The molecular weight excluding hydrogens is 536 g/mol. The number of carboxylic acid groups (broad SMARTS) is 1. The lowest BCUT2D eigenvalue weighted by Gasteiger charge is -2.17. The van der Waals surface area contributed by atoms with Gasteiger partial charge in [0.2, 0.25) is 5.91 Å². The van der Waals surface area contributed by atoms with Crippen molar-refractivity contribution in [2.45, 2.75) is 51.5 Å². The molecule has 2 heterocycles. The summed E-state index contributed by atoms with van der Waals surface area (Å²) in [5.41, 5.74) is 6.98. The Labute approximate surface area is 236 Å². The minimum absolute atomic E-state index is 0.0315. The average Bonchev–Trinajstić information content (AvgIpc) is 3.40. The Kier molecular flexibility index (Phi) is 10.6. The third kappa shape index (κ3) is 8.93. The zero-order valence-corrected chi connectivity index (χ0v) is 22.5. The van der Waals surface area contributed by atoms with Crippen LogP contribution in [0, 0.1) is 5.92 Å². The minimum Gasteiger partial charge on any atom is -0.481 e. The molecule has 0 spiro atoms. The van der Waals surface area contributed by atoms with E-state index in [-0.39, 0.29) is 56.6 Å². The lowest BCUT2D eigenvalue weighted by atomic mass is 9.96. The van der Waals surface area contributed by atoms with Gasteiger partial charge in [0.25, 0.3) is 23.6 Å². The van der Waals surface area contributed by atoms with Crippen molar-refractivity contribution >= 4 is 47.2 Å². The first kappa shape index (κ1) is 30.9. The first-order chi connectivity index (χ1) is 19.4. The molecule has 1 aromatic carbocycles. The summed E-state index contributed by atoms with van der Waals surface area (Å²) in [6, 6.07) is 4.24. The molecule has 13 heteroatoms. The predicted molar refractivity (Wildman–Crippen MR) is 144 cm³/mol. The number of amides is 5. The van der Waals surface area contributed by atoms with Crippen LogP contribution in [0.4, 0.5) is 5.69 Å². The van der Waals surface area contributed by atoms with Crippen molar-refractivity contribution in [2.24, 2.45) is 11.7 Å². The van der Waals surface area contributed by atoms with Crippen LogP contribution >= 0.6 is 0 Å². The van der Waals surface area contributed by atoms with Crippen molar-refractivity contribution in [3.63, 3.8) is 0 Å². The van der Waals surface area contributed by atoms with Crippen LogP contribution < -0.4 is 15.8 Å². The van der Waals surface area contributed by atoms with Crippen molar-refractivity contribution in [1.29, 1.82) is 0 Å². The zero-order chi connectivity index (χ0) is 30.1. The van der Waals surface area contributed by atoms with E-state index in [1.807, 2.05) is 0 Å². The Balaban J connectivity index is 1.63. The van der Waals surface area contributed by atoms with E-state index in [0.717, 1.165) is 34.1 Å². The molecule has 2 atom stereocenters. The molecule has 41 heavy (non-hydrogen) atoms. The lowest BCUT2D eigenvalue weighted by molar-refractivity contribution is -0.141. The van der Waals surface area contributed by atoms with Crippen molar-refractivity contribution in [3.8, 4) is 5.75 Å². The highest BCUT2D eigenvalue weighted by Crippen LogP contribution is 2.28. The molecule has 13 nitrogen and oxygen atoms in total. The van der Waals surface area contributed by atoms with E-state index in [1.54, 1.807) is 19.1 Å². The first-order valence-electron chi connectivity index (χ1n) is 13.1. The van der Waals surface area contributed by atoms with Crippen LogP contribution in [-0.2, 0) is 40.0 Å². The van der Waals surface area contributed by atoms with Gasteiger partial charge in [-0.2, -0.15) is 0 Å². The molecule has 218 valence electrons. The van der Waals surface area contributed by atoms with Gasteiger partial charge in [-0.05, 0) is 43.4 Å². The number of carbonyl (C=O) groups is 7. The van der Waals surface area contributed by atoms with E-state index in [1.165, 1.54) is 6.07 Å². The van der Waals surface area contributed by atoms with Crippen LogP contribution in [0.3, 0.4) is 0 Å². The predicted octanol–water partition coefficient (Wildman–Crippen LogP) is 0.922. The van der Waals surface area contributed by atoms with Crippen LogP contribution in [0.15, 0.2) is 42.5 Å². The van der Waals surface area contributed by atoms with E-state index in [2.05, 4.69) is 5.32 Å². The number of anilines is 1. The summed E-state index contributed by atoms with van der Waals surface area (Å²) in [6.07, 6.45) is 5.42. The summed E-state index contributed by atoms with van der Waals surface area (Å²) >= 11 is 0. The molecule has 5 amide bonds. The highest BCUT2D eigenvalue weighted by molar-refractivity contribution is 6.13. The van der Waals surface area contributed by atoms with E-state index in [4.69, 9.17) is 15.6 Å². The molecule has 2 aliphatic rings. The van der Waals surface area contributed by atoms with Gasteiger partial charge in [-0.15, -0.1) is 0 Å². The second kappa shape index (κ2) is 14.1. The van der Waals surface area contributed by atoms with Crippen molar-refractivity contribution in [1.82, 2.24) is 9.80 Å². The number of ether oxygens (including phenoxy) is 1. The van der Waals surface area contributed by atoms with E-state index < -0.39 is 53.4 Å². The fourth-order valence-electron chi connectivity index (χ4n) is 4.30. The Morgan fingerprint density at radius 3 is 1.98 bits per heavy atom. The molecule has 0 saturated heterocycles. The number of imide groups is 2. The Bertz CT molecular complexity index is 1270. The summed E-state index contributed by atoms with van der Waals surface area (Å²) in [6.45, 7) is 1.67. The van der Waals surface area contributed by atoms with Gasteiger partial charge in [-0.3, -0.25) is 43.4 Å².